The summed E-state index contributed by atoms with van der Waals surface area (Å²) < 4.78 is 12.4. The number of nitrogens with one attached hydrogen (secondary N) is 1. The minimum atomic E-state index is -0.181. The van der Waals surface area contributed by atoms with E-state index in [0.717, 1.165) is 47.3 Å². The van der Waals surface area contributed by atoms with Gasteiger partial charge in [-0.25, -0.2) is 14.6 Å². The second-order valence-electron chi connectivity index (χ2n) is 7.80. The van der Waals surface area contributed by atoms with Crippen molar-refractivity contribution in [3.8, 4) is 11.5 Å². The van der Waals surface area contributed by atoms with E-state index in [1.54, 1.807) is 44.2 Å². The summed E-state index contributed by atoms with van der Waals surface area (Å²) in [7, 11) is 3.12. The molecule has 1 amide bonds. The van der Waals surface area contributed by atoms with E-state index in [2.05, 4.69) is 22.2 Å². The SMILES string of the molecule is CCCSc1nc(N2CCCC2)c2cnn(CCNC(=O)c3ccc(OC)c(OC)c3)c2n1. The van der Waals surface area contributed by atoms with Gasteiger partial charge in [-0.15, -0.1) is 0 Å². The van der Waals surface area contributed by atoms with Gasteiger partial charge in [0, 0.05) is 31.0 Å². The number of carbonyl (C=O) groups is 1. The van der Waals surface area contributed by atoms with Crippen LogP contribution < -0.4 is 19.7 Å². The molecule has 176 valence electrons. The predicted molar refractivity (Wildman–Crippen MR) is 130 cm³/mol. The molecule has 1 aliphatic rings. The Balaban J connectivity index is 1.49. The van der Waals surface area contributed by atoms with Gasteiger partial charge in [0.25, 0.3) is 5.91 Å². The third-order valence-corrected chi connectivity index (χ3v) is 6.60. The minimum Gasteiger partial charge on any atom is -0.493 e. The first-order valence-corrected chi connectivity index (χ1v) is 12.2. The standard InChI is InChI=1S/C23H30N6O3S/c1-4-13-33-23-26-20(28-10-5-6-11-28)17-15-25-29(21(17)27-23)12-9-24-22(30)16-7-8-18(31-2)19(14-16)32-3/h7-8,14-15H,4-6,9-13H2,1-3H3,(H,24,30). The van der Waals surface area contributed by atoms with Crippen LogP contribution in [0.1, 0.15) is 36.5 Å². The first kappa shape index (κ1) is 23.2. The number of hydrogen-bond donors (Lipinski definition) is 1. The largest absolute Gasteiger partial charge is 0.493 e. The highest BCUT2D eigenvalue weighted by Crippen LogP contribution is 2.30. The molecule has 1 saturated heterocycles. The molecule has 1 aliphatic heterocycles. The molecule has 3 aromatic rings. The summed E-state index contributed by atoms with van der Waals surface area (Å²) in [6.45, 7) is 5.10. The molecule has 0 aliphatic carbocycles. The zero-order valence-electron chi connectivity index (χ0n) is 19.3. The lowest BCUT2D eigenvalue weighted by atomic mass is 10.2. The first-order valence-electron chi connectivity index (χ1n) is 11.3. The van der Waals surface area contributed by atoms with Crippen LogP contribution >= 0.6 is 11.8 Å². The van der Waals surface area contributed by atoms with E-state index in [4.69, 9.17) is 19.4 Å². The van der Waals surface area contributed by atoms with Gasteiger partial charge in [-0.05, 0) is 37.5 Å². The van der Waals surface area contributed by atoms with Gasteiger partial charge in [0.1, 0.15) is 5.82 Å². The molecular formula is C23H30N6O3S. The number of thioether (sulfide) groups is 1. The maximum absolute atomic E-state index is 12.6. The Kier molecular flexibility index (Phi) is 7.54. The Morgan fingerprint density at radius 3 is 2.67 bits per heavy atom. The highest BCUT2D eigenvalue weighted by Gasteiger charge is 2.21. The second kappa shape index (κ2) is 10.7. The number of aromatic nitrogens is 4. The topological polar surface area (TPSA) is 94.4 Å². The average Bonchev–Trinajstić information content (AvgIpc) is 3.52. The quantitative estimate of drug-likeness (QED) is 0.356. The van der Waals surface area contributed by atoms with E-state index in [9.17, 15) is 4.79 Å². The summed E-state index contributed by atoms with van der Waals surface area (Å²) in [6, 6.07) is 5.11. The van der Waals surface area contributed by atoms with Crippen molar-refractivity contribution in [1.82, 2.24) is 25.1 Å². The second-order valence-corrected chi connectivity index (χ2v) is 8.87. The summed E-state index contributed by atoms with van der Waals surface area (Å²) in [5, 5.41) is 9.25. The molecule has 33 heavy (non-hydrogen) atoms. The van der Waals surface area contributed by atoms with E-state index >= 15 is 0 Å². The molecule has 0 radical (unpaired) electrons. The molecule has 0 atom stereocenters. The Hall–Kier alpha value is -3.01. The monoisotopic (exact) mass is 470 g/mol. The van der Waals surface area contributed by atoms with Crippen molar-refractivity contribution in [3.05, 3.63) is 30.0 Å². The molecule has 1 N–H and O–H groups in total. The molecule has 0 saturated carbocycles. The van der Waals surface area contributed by atoms with Crippen molar-refractivity contribution in [2.45, 2.75) is 37.9 Å². The molecule has 9 nitrogen and oxygen atoms in total. The van der Waals surface area contributed by atoms with Crippen LogP contribution in [0.3, 0.4) is 0 Å². The van der Waals surface area contributed by atoms with Crippen LogP contribution in [0, 0.1) is 0 Å². The van der Waals surface area contributed by atoms with Crippen LogP contribution in [0.5, 0.6) is 11.5 Å². The van der Waals surface area contributed by atoms with Gasteiger partial charge in [-0.1, -0.05) is 18.7 Å². The van der Waals surface area contributed by atoms with Crippen LogP contribution in [0.2, 0.25) is 0 Å². The lowest BCUT2D eigenvalue weighted by Gasteiger charge is -2.18. The van der Waals surface area contributed by atoms with Gasteiger partial charge in [0.05, 0.1) is 32.3 Å². The Bertz CT molecular complexity index is 1110. The van der Waals surface area contributed by atoms with Crippen LogP contribution in [0.4, 0.5) is 5.82 Å². The van der Waals surface area contributed by atoms with Crippen LogP contribution in [-0.2, 0) is 6.54 Å². The molecule has 0 bridgehead atoms. The molecule has 0 unspecified atom stereocenters. The van der Waals surface area contributed by atoms with Gasteiger partial charge in [0.15, 0.2) is 22.3 Å². The van der Waals surface area contributed by atoms with Crippen molar-refractivity contribution in [1.29, 1.82) is 0 Å². The number of ether oxygens (including phenoxy) is 2. The smallest absolute Gasteiger partial charge is 0.251 e. The van der Waals surface area contributed by atoms with Crippen molar-refractivity contribution in [2.75, 3.05) is 44.5 Å². The van der Waals surface area contributed by atoms with Crippen molar-refractivity contribution >= 4 is 34.5 Å². The summed E-state index contributed by atoms with van der Waals surface area (Å²) >= 11 is 1.67. The van der Waals surface area contributed by atoms with Gasteiger partial charge in [-0.3, -0.25) is 4.79 Å². The number of methoxy groups -OCH3 is 2. The van der Waals surface area contributed by atoms with Crippen LogP contribution in [0.15, 0.2) is 29.6 Å². The number of amides is 1. The average molecular weight is 471 g/mol. The fourth-order valence-corrected chi connectivity index (χ4v) is 4.56. The Morgan fingerprint density at radius 2 is 1.94 bits per heavy atom. The van der Waals surface area contributed by atoms with E-state index in [1.165, 1.54) is 12.8 Å². The normalized spacial score (nSPS) is 13.5. The molecule has 1 aromatic carbocycles. The molecular weight excluding hydrogens is 440 g/mol. The van der Waals surface area contributed by atoms with Gasteiger partial charge < -0.3 is 19.7 Å². The van der Waals surface area contributed by atoms with Crippen LogP contribution in [-0.4, -0.2) is 65.3 Å². The van der Waals surface area contributed by atoms with Gasteiger partial charge >= 0.3 is 0 Å². The van der Waals surface area contributed by atoms with E-state index in [0.29, 0.717) is 30.2 Å². The Labute approximate surface area is 197 Å². The predicted octanol–water partition coefficient (Wildman–Crippen LogP) is 3.38. The number of nitrogens with zero attached hydrogens (tertiary/aromatic N) is 5. The fraction of sp³-hybridized carbons (Fsp3) is 0.478. The van der Waals surface area contributed by atoms with Crippen molar-refractivity contribution < 1.29 is 14.3 Å². The highest BCUT2D eigenvalue weighted by molar-refractivity contribution is 7.99. The maximum Gasteiger partial charge on any atom is 0.251 e. The summed E-state index contributed by atoms with van der Waals surface area (Å²) in [6.07, 6.45) is 5.26. The highest BCUT2D eigenvalue weighted by atomic mass is 32.2. The summed E-state index contributed by atoms with van der Waals surface area (Å²) in [5.74, 6) is 2.87. The molecule has 3 heterocycles. The third-order valence-electron chi connectivity index (χ3n) is 5.55. The maximum atomic E-state index is 12.6. The summed E-state index contributed by atoms with van der Waals surface area (Å²) in [5.41, 5.74) is 1.32. The molecule has 1 fully saturated rings. The van der Waals surface area contributed by atoms with Crippen molar-refractivity contribution in [2.24, 2.45) is 0 Å². The van der Waals surface area contributed by atoms with E-state index < -0.39 is 0 Å². The molecule has 2 aromatic heterocycles. The Morgan fingerprint density at radius 1 is 1.15 bits per heavy atom. The van der Waals surface area contributed by atoms with E-state index in [-0.39, 0.29) is 5.91 Å². The van der Waals surface area contributed by atoms with Gasteiger partial charge in [0.2, 0.25) is 0 Å². The minimum absolute atomic E-state index is 0.181. The molecule has 10 heteroatoms. The number of benzene rings is 1. The fourth-order valence-electron chi connectivity index (χ4n) is 3.87. The number of anilines is 1. The number of fused-ring (bicyclic) bond motifs is 1. The first-order chi connectivity index (χ1) is 16.1. The lowest BCUT2D eigenvalue weighted by Crippen LogP contribution is -2.27. The number of hydrogen-bond acceptors (Lipinski definition) is 8. The molecule has 4 rings (SSSR count). The zero-order valence-corrected chi connectivity index (χ0v) is 20.2. The number of carbonyl (C=O) groups excluding carboxylic acids is 1. The van der Waals surface area contributed by atoms with Crippen LogP contribution in [0.25, 0.3) is 11.0 Å². The number of rotatable bonds is 10. The zero-order chi connectivity index (χ0) is 23.2. The lowest BCUT2D eigenvalue weighted by molar-refractivity contribution is 0.0951. The molecule has 0 spiro atoms. The van der Waals surface area contributed by atoms with Crippen molar-refractivity contribution in [3.63, 3.8) is 0 Å². The van der Waals surface area contributed by atoms with E-state index in [1.807, 2.05) is 10.9 Å². The third kappa shape index (κ3) is 5.16. The summed E-state index contributed by atoms with van der Waals surface area (Å²) in [4.78, 5) is 24.6. The van der Waals surface area contributed by atoms with Gasteiger partial charge in [-0.2, -0.15) is 5.10 Å².